The van der Waals surface area contributed by atoms with Crippen molar-refractivity contribution in [3.63, 3.8) is 0 Å². The highest BCUT2D eigenvalue weighted by Crippen LogP contribution is 2.36. The normalized spacial score (nSPS) is 17.8. The van der Waals surface area contributed by atoms with Crippen molar-refractivity contribution in [3.8, 4) is 10.4 Å². The third kappa shape index (κ3) is 5.97. The molecule has 192 valence electrons. The van der Waals surface area contributed by atoms with E-state index in [4.69, 9.17) is 14.7 Å². The Morgan fingerprint density at radius 3 is 2.75 bits per heavy atom. The second-order valence-corrected chi connectivity index (χ2v) is 11.7. The van der Waals surface area contributed by atoms with Crippen LogP contribution in [-0.4, -0.2) is 60.2 Å². The Hall–Kier alpha value is -2.32. The van der Waals surface area contributed by atoms with Crippen LogP contribution in [0.15, 0.2) is 36.4 Å². The first kappa shape index (κ1) is 25.3. The lowest BCUT2D eigenvalue weighted by Gasteiger charge is -2.34. The zero-order chi connectivity index (χ0) is 25.1. The molecule has 2 aliphatic rings. The molecule has 6 nitrogen and oxygen atoms in total. The molecule has 4 heterocycles. The summed E-state index contributed by atoms with van der Waals surface area (Å²) in [5, 5.41) is 3.77. The van der Waals surface area contributed by atoms with E-state index in [2.05, 4.69) is 72.5 Å². The molecule has 0 bridgehead atoms. The topological polar surface area (TPSA) is 53.5 Å². The highest BCUT2D eigenvalue weighted by molar-refractivity contribution is 7.15. The van der Waals surface area contributed by atoms with Crippen LogP contribution in [0, 0.1) is 12.8 Å². The summed E-state index contributed by atoms with van der Waals surface area (Å²) >= 11 is 1.87. The van der Waals surface area contributed by atoms with Gasteiger partial charge < -0.3 is 15.0 Å². The van der Waals surface area contributed by atoms with Crippen molar-refractivity contribution in [2.45, 2.75) is 52.2 Å². The van der Waals surface area contributed by atoms with E-state index in [-0.39, 0.29) is 6.04 Å². The van der Waals surface area contributed by atoms with E-state index < -0.39 is 0 Å². The zero-order valence-electron chi connectivity index (χ0n) is 22.1. The maximum absolute atomic E-state index is 5.57. The van der Waals surface area contributed by atoms with Gasteiger partial charge in [-0.05, 0) is 70.0 Å². The quantitative estimate of drug-likeness (QED) is 0.434. The molecular formula is C29H39N5OS. The van der Waals surface area contributed by atoms with Crippen molar-refractivity contribution < 1.29 is 4.74 Å². The molecule has 36 heavy (non-hydrogen) atoms. The van der Waals surface area contributed by atoms with Crippen LogP contribution in [0.2, 0.25) is 0 Å². The minimum absolute atomic E-state index is 0.175. The molecule has 0 saturated carbocycles. The van der Waals surface area contributed by atoms with Crippen LogP contribution in [0.4, 0.5) is 5.82 Å². The number of benzene rings is 1. The molecule has 7 heteroatoms. The molecule has 2 aliphatic heterocycles. The minimum atomic E-state index is 0.175. The van der Waals surface area contributed by atoms with E-state index in [0.717, 1.165) is 63.4 Å². The van der Waals surface area contributed by atoms with Gasteiger partial charge in [0.25, 0.3) is 0 Å². The summed E-state index contributed by atoms with van der Waals surface area (Å²) in [6, 6.07) is 13.5. The lowest BCUT2D eigenvalue weighted by atomic mass is 9.97. The Morgan fingerprint density at radius 1 is 1.14 bits per heavy atom. The van der Waals surface area contributed by atoms with Crippen LogP contribution in [-0.2, 0) is 24.2 Å². The van der Waals surface area contributed by atoms with Gasteiger partial charge in [-0.3, -0.25) is 4.90 Å². The van der Waals surface area contributed by atoms with Gasteiger partial charge in [-0.25, -0.2) is 9.97 Å². The number of hydrogen-bond acceptors (Lipinski definition) is 7. The summed E-state index contributed by atoms with van der Waals surface area (Å²) in [5.74, 6) is 2.59. The van der Waals surface area contributed by atoms with Gasteiger partial charge in [0, 0.05) is 61.1 Å². The van der Waals surface area contributed by atoms with E-state index in [1.165, 1.54) is 45.0 Å². The van der Waals surface area contributed by atoms with E-state index in [9.17, 15) is 0 Å². The number of aromatic nitrogens is 2. The van der Waals surface area contributed by atoms with Crippen molar-refractivity contribution in [1.29, 1.82) is 0 Å². The third-order valence-corrected chi connectivity index (χ3v) is 8.59. The molecule has 2 aromatic heterocycles. The van der Waals surface area contributed by atoms with Crippen molar-refractivity contribution in [1.82, 2.24) is 19.8 Å². The summed E-state index contributed by atoms with van der Waals surface area (Å²) in [6.45, 7) is 10.2. The number of hydrogen-bond donors (Lipinski definition) is 1. The van der Waals surface area contributed by atoms with E-state index >= 15 is 0 Å². The zero-order valence-corrected chi connectivity index (χ0v) is 22.9. The number of ether oxygens (including phenoxy) is 1. The fourth-order valence-electron chi connectivity index (χ4n) is 5.41. The Bertz CT molecular complexity index is 1170. The van der Waals surface area contributed by atoms with E-state index in [0.29, 0.717) is 0 Å². The smallest absolute Gasteiger partial charge is 0.134 e. The van der Waals surface area contributed by atoms with Crippen LogP contribution in [0.3, 0.4) is 0 Å². The predicted octanol–water partition coefficient (Wildman–Crippen LogP) is 5.53. The number of anilines is 1. The summed E-state index contributed by atoms with van der Waals surface area (Å²) < 4.78 is 5.57. The van der Waals surface area contributed by atoms with Crippen LogP contribution in [0.5, 0.6) is 0 Å². The fraction of sp³-hybridized carbons (Fsp3) is 0.517. The molecule has 1 saturated heterocycles. The van der Waals surface area contributed by atoms with Crippen LogP contribution >= 0.6 is 11.3 Å². The molecule has 0 unspecified atom stereocenters. The van der Waals surface area contributed by atoms with Crippen LogP contribution in [0.1, 0.15) is 53.3 Å². The molecule has 5 rings (SSSR count). The average molecular weight is 506 g/mol. The largest absolute Gasteiger partial charge is 0.381 e. The van der Waals surface area contributed by atoms with Gasteiger partial charge in [0.15, 0.2) is 0 Å². The Kier molecular flexibility index (Phi) is 8.01. The van der Waals surface area contributed by atoms with Crippen LogP contribution in [0.25, 0.3) is 10.4 Å². The van der Waals surface area contributed by atoms with E-state index in [1.807, 2.05) is 18.3 Å². The molecule has 1 fully saturated rings. The maximum Gasteiger partial charge on any atom is 0.134 e. The number of nitrogens with one attached hydrogen (secondary N) is 1. The Labute approximate surface area is 219 Å². The van der Waals surface area contributed by atoms with Gasteiger partial charge in [-0.2, -0.15) is 0 Å². The highest BCUT2D eigenvalue weighted by Gasteiger charge is 2.26. The van der Waals surface area contributed by atoms with Crippen molar-refractivity contribution in [2.75, 3.05) is 45.7 Å². The predicted molar refractivity (Wildman–Crippen MR) is 148 cm³/mol. The third-order valence-electron chi connectivity index (χ3n) is 7.28. The van der Waals surface area contributed by atoms with Crippen molar-refractivity contribution in [3.05, 3.63) is 63.9 Å². The minimum Gasteiger partial charge on any atom is -0.381 e. The Morgan fingerprint density at radius 2 is 1.94 bits per heavy atom. The van der Waals surface area contributed by atoms with Crippen molar-refractivity contribution >= 4 is 17.2 Å². The fourth-order valence-corrected chi connectivity index (χ4v) is 6.48. The number of nitrogens with zero attached hydrogens (tertiary/aromatic N) is 4. The Balaban J connectivity index is 1.32. The molecule has 1 N–H and O–H groups in total. The molecule has 3 aromatic rings. The second-order valence-electron chi connectivity index (χ2n) is 10.5. The first-order valence-electron chi connectivity index (χ1n) is 13.2. The first-order chi connectivity index (χ1) is 17.5. The molecule has 0 aliphatic carbocycles. The first-order valence-corrected chi connectivity index (χ1v) is 14.0. The molecule has 0 spiro atoms. The molecule has 0 amide bonds. The maximum atomic E-state index is 5.57. The summed E-state index contributed by atoms with van der Waals surface area (Å²) in [7, 11) is 4.25. The van der Waals surface area contributed by atoms with Gasteiger partial charge in [-0.1, -0.05) is 24.3 Å². The van der Waals surface area contributed by atoms with Gasteiger partial charge in [-0.15, -0.1) is 11.3 Å². The summed E-state index contributed by atoms with van der Waals surface area (Å²) in [5.41, 5.74) is 5.18. The molecule has 0 radical (unpaired) electrons. The van der Waals surface area contributed by atoms with Crippen LogP contribution < -0.4 is 5.32 Å². The van der Waals surface area contributed by atoms with Gasteiger partial charge in [0.05, 0.1) is 11.7 Å². The average Bonchev–Trinajstić information content (AvgIpc) is 3.35. The molecule has 1 atom stereocenters. The number of thiophene rings is 1. The summed E-state index contributed by atoms with van der Waals surface area (Å²) in [4.78, 5) is 17.2. The molecule has 1 aromatic carbocycles. The number of fused-ring (bicyclic) bond motifs is 1. The highest BCUT2D eigenvalue weighted by atomic mass is 32.1. The van der Waals surface area contributed by atoms with Gasteiger partial charge in [0.2, 0.25) is 0 Å². The number of rotatable bonds is 8. The standard InChI is InChI=1S/C29H39N5OS/c1-20(27-9-10-28(36-27)24-8-6-5-7-23(24)18-33(3)4)30-29-25-19-34(17-22-12-15-35-16-13-22)14-11-26(25)31-21(2)32-29/h5-10,20,22H,11-19H2,1-4H3,(H,30,31,32)/t20-/m1/s1. The van der Waals surface area contributed by atoms with Crippen molar-refractivity contribution in [2.24, 2.45) is 5.92 Å². The van der Waals surface area contributed by atoms with E-state index in [1.54, 1.807) is 0 Å². The van der Waals surface area contributed by atoms with Gasteiger partial charge in [0.1, 0.15) is 11.6 Å². The molecular weight excluding hydrogens is 466 g/mol. The second kappa shape index (κ2) is 11.4. The lowest BCUT2D eigenvalue weighted by Crippen LogP contribution is -2.37. The summed E-state index contributed by atoms with van der Waals surface area (Å²) in [6.07, 6.45) is 3.35. The van der Waals surface area contributed by atoms with Gasteiger partial charge >= 0.3 is 0 Å². The monoisotopic (exact) mass is 505 g/mol. The lowest BCUT2D eigenvalue weighted by molar-refractivity contribution is 0.0505. The number of aryl methyl sites for hydroxylation is 1. The SMILES string of the molecule is Cc1nc2c(c(N[C@H](C)c3ccc(-c4ccccc4CN(C)C)s3)n1)CN(CC1CCOCC1)CC2.